The van der Waals surface area contributed by atoms with Crippen LogP contribution in [0.1, 0.15) is 6.92 Å². The van der Waals surface area contributed by atoms with Crippen molar-refractivity contribution in [1.29, 1.82) is 0 Å². The van der Waals surface area contributed by atoms with Crippen LogP contribution in [0.15, 0.2) is 0 Å². The van der Waals surface area contributed by atoms with E-state index in [0.29, 0.717) is 11.8 Å². The van der Waals surface area contributed by atoms with Gasteiger partial charge >= 0.3 is 0 Å². The molecule has 2 rings (SSSR count). The SMILES string of the molecule is CCN1CC2CN(C)CC(C1)C2(N)CO. The Morgan fingerprint density at radius 3 is 2.20 bits per heavy atom. The third kappa shape index (κ3) is 1.80. The Kier molecular flexibility index (Phi) is 3.03. The number of fused-ring (bicyclic) bond motifs is 2. The quantitative estimate of drug-likeness (QED) is 0.630. The van der Waals surface area contributed by atoms with Gasteiger partial charge in [-0.25, -0.2) is 0 Å². The molecule has 4 heteroatoms. The summed E-state index contributed by atoms with van der Waals surface area (Å²) >= 11 is 0. The Balaban J connectivity index is 2.18. The van der Waals surface area contributed by atoms with Crippen LogP contribution in [0, 0.1) is 11.8 Å². The molecule has 0 saturated carbocycles. The molecule has 4 nitrogen and oxygen atoms in total. The van der Waals surface area contributed by atoms with Gasteiger partial charge in [0.25, 0.3) is 0 Å². The van der Waals surface area contributed by atoms with E-state index in [1.807, 2.05) is 0 Å². The van der Waals surface area contributed by atoms with E-state index >= 15 is 0 Å². The van der Waals surface area contributed by atoms with E-state index < -0.39 is 0 Å². The standard InChI is InChI=1S/C11H23N3O/c1-3-14-6-9-4-13(2)5-10(7-14)11(9,12)8-15/h9-10,15H,3-8,12H2,1-2H3. The Morgan fingerprint density at radius 2 is 1.80 bits per heavy atom. The van der Waals surface area contributed by atoms with Crippen molar-refractivity contribution in [2.24, 2.45) is 17.6 Å². The summed E-state index contributed by atoms with van der Waals surface area (Å²) in [5.41, 5.74) is 6.05. The molecule has 2 heterocycles. The number of likely N-dealkylation sites (tertiary alicyclic amines) is 2. The van der Waals surface area contributed by atoms with Crippen LogP contribution in [0.5, 0.6) is 0 Å². The van der Waals surface area contributed by atoms with Gasteiger partial charge in [0.05, 0.1) is 6.61 Å². The van der Waals surface area contributed by atoms with Crippen LogP contribution in [0.4, 0.5) is 0 Å². The highest BCUT2D eigenvalue weighted by Crippen LogP contribution is 2.35. The van der Waals surface area contributed by atoms with Gasteiger partial charge in [-0.05, 0) is 13.6 Å². The highest BCUT2D eigenvalue weighted by molar-refractivity contribution is 5.06. The smallest absolute Gasteiger partial charge is 0.0618 e. The molecule has 3 N–H and O–H groups in total. The fourth-order valence-corrected chi connectivity index (χ4v) is 3.17. The zero-order valence-electron chi connectivity index (χ0n) is 9.82. The number of nitrogens with two attached hydrogens (primary N) is 1. The molecule has 2 saturated heterocycles. The van der Waals surface area contributed by atoms with Crippen molar-refractivity contribution in [3.63, 3.8) is 0 Å². The highest BCUT2D eigenvalue weighted by atomic mass is 16.3. The highest BCUT2D eigenvalue weighted by Gasteiger charge is 2.49. The molecular weight excluding hydrogens is 190 g/mol. The van der Waals surface area contributed by atoms with E-state index in [9.17, 15) is 5.11 Å². The lowest BCUT2D eigenvalue weighted by molar-refractivity contribution is -0.0538. The van der Waals surface area contributed by atoms with Gasteiger partial charge in [0.2, 0.25) is 0 Å². The molecule has 2 bridgehead atoms. The lowest BCUT2D eigenvalue weighted by Gasteiger charge is -2.55. The van der Waals surface area contributed by atoms with Gasteiger partial charge in [0, 0.05) is 43.6 Å². The van der Waals surface area contributed by atoms with Crippen LogP contribution < -0.4 is 5.73 Å². The molecule has 0 aromatic heterocycles. The third-order valence-electron chi connectivity index (χ3n) is 4.26. The van der Waals surface area contributed by atoms with Gasteiger partial charge in [-0.1, -0.05) is 6.92 Å². The number of piperidine rings is 2. The summed E-state index contributed by atoms with van der Waals surface area (Å²) in [5, 5.41) is 9.54. The third-order valence-corrected chi connectivity index (χ3v) is 4.26. The predicted octanol–water partition coefficient (Wildman–Crippen LogP) is -0.810. The summed E-state index contributed by atoms with van der Waals surface area (Å²) in [6.45, 7) is 7.53. The predicted molar refractivity (Wildman–Crippen MR) is 60.6 cm³/mol. The van der Waals surface area contributed by atoms with Gasteiger partial charge in [-0.3, -0.25) is 0 Å². The average molecular weight is 213 g/mol. The Labute approximate surface area is 92.0 Å². The van der Waals surface area contributed by atoms with Crippen molar-refractivity contribution in [3.05, 3.63) is 0 Å². The van der Waals surface area contributed by atoms with Crippen LogP contribution in [0.25, 0.3) is 0 Å². The van der Waals surface area contributed by atoms with Crippen LogP contribution in [0.3, 0.4) is 0 Å². The summed E-state index contributed by atoms with van der Waals surface area (Å²) in [4.78, 5) is 4.81. The van der Waals surface area contributed by atoms with E-state index in [1.54, 1.807) is 0 Å². The summed E-state index contributed by atoms with van der Waals surface area (Å²) in [6.07, 6.45) is 0. The first-order valence-electron chi connectivity index (χ1n) is 5.90. The van der Waals surface area contributed by atoms with E-state index in [-0.39, 0.29) is 12.1 Å². The number of hydrogen-bond acceptors (Lipinski definition) is 4. The number of aliphatic hydroxyl groups excluding tert-OH is 1. The maximum absolute atomic E-state index is 9.54. The van der Waals surface area contributed by atoms with E-state index in [0.717, 1.165) is 32.7 Å². The molecule has 2 unspecified atom stereocenters. The Hall–Kier alpha value is -0.160. The minimum Gasteiger partial charge on any atom is -0.394 e. The van der Waals surface area contributed by atoms with E-state index in [2.05, 4.69) is 23.8 Å². The summed E-state index contributed by atoms with van der Waals surface area (Å²) in [5.74, 6) is 0.833. The monoisotopic (exact) mass is 213 g/mol. The fourth-order valence-electron chi connectivity index (χ4n) is 3.17. The van der Waals surface area contributed by atoms with Crippen molar-refractivity contribution in [1.82, 2.24) is 9.80 Å². The van der Waals surface area contributed by atoms with Gasteiger partial charge in [0.15, 0.2) is 0 Å². The molecule has 88 valence electrons. The largest absolute Gasteiger partial charge is 0.394 e. The van der Waals surface area contributed by atoms with Crippen molar-refractivity contribution in [3.8, 4) is 0 Å². The second-order valence-corrected chi connectivity index (χ2v) is 5.24. The van der Waals surface area contributed by atoms with Crippen molar-refractivity contribution in [2.45, 2.75) is 12.5 Å². The molecule has 2 fully saturated rings. The van der Waals surface area contributed by atoms with Crippen molar-refractivity contribution >= 4 is 0 Å². The number of hydrogen-bond donors (Lipinski definition) is 2. The molecule has 2 aliphatic rings. The number of nitrogens with zero attached hydrogens (tertiary/aromatic N) is 2. The Morgan fingerprint density at radius 1 is 1.27 bits per heavy atom. The van der Waals surface area contributed by atoms with Crippen LogP contribution >= 0.6 is 0 Å². The minimum absolute atomic E-state index is 0.133. The minimum atomic E-state index is -0.335. The first-order chi connectivity index (χ1) is 7.10. The topological polar surface area (TPSA) is 52.7 Å². The summed E-state index contributed by atoms with van der Waals surface area (Å²) in [6, 6.07) is 0. The molecule has 2 aliphatic heterocycles. The van der Waals surface area contributed by atoms with Gasteiger partial charge in [0.1, 0.15) is 0 Å². The van der Waals surface area contributed by atoms with Crippen molar-refractivity contribution in [2.75, 3.05) is 46.4 Å². The molecule has 0 amide bonds. The van der Waals surface area contributed by atoms with Gasteiger partial charge < -0.3 is 20.6 Å². The van der Waals surface area contributed by atoms with Gasteiger partial charge in [-0.15, -0.1) is 0 Å². The van der Waals surface area contributed by atoms with E-state index in [4.69, 9.17) is 5.73 Å². The summed E-state index contributed by atoms with van der Waals surface area (Å²) in [7, 11) is 2.15. The van der Waals surface area contributed by atoms with E-state index in [1.165, 1.54) is 0 Å². The normalized spacial score (nSPS) is 43.2. The first-order valence-corrected chi connectivity index (χ1v) is 5.90. The zero-order chi connectivity index (χ0) is 11.1. The van der Waals surface area contributed by atoms with Crippen LogP contribution in [-0.2, 0) is 0 Å². The Bertz CT molecular complexity index is 218. The maximum atomic E-state index is 9.54. The maximum Gasteiger partial charge on any atom is 0.0618 e. The molecular formula is C11H23N3O. The number of rotatable bonds is 2. The van der Waals surface area contributed by atoms with Crippen molar-refractivity contribution < 1.29 is 5.11 Å². The second-order valence-electron chi connectivity index (χ2n) is 5.24. The molecule has 0 aromatic rings. The lowest BCUT2D eigenvalue weighted by atomic mass is 9.68. The molecule has 2 atom stereocenters. The molecule has 0 aliphatic carbocycles. The summed E-state index contributed by atoms with van der Waals surface area (Å²) < 4.78 is 0. The fraction of sp³-hybridized carbons (Fsp3) is 1.00. The number of aliphatic hydroxyl groups is 1. The molecule has 0 aromatic carbocycles. The first kappa shape index (κ1) is 11.3. The molecule has 15 heavy (non-hydrogen) atoms. The van der Waals surface area contributed by atoms with Crippen LogP contribution in [-0.4, -0.2) is 66.8 Å². The van der Waals surface area contributed by atoms with Crippen LogP contribution in [0.2, 0.25) is 0 Å². The second kappa shape index (κ2) is 4.01. The average Bonchev–Trinajstić information content (AvgIpc) is 2.20. The zero-order valence-corrected chi connectivity index (χ0v) is 9.82. The lowest BCUT2D eigenvalue weighted by Crippen LogP contribution is -2.72. The molecule has 0 spiro atoms. The molecule has 0 radical (unpaired) electrons. The van der Waals surface area contributed by atoms with Gasteiger partial charge in [-0.2, -0.15) is 0 Å².